The van der Waals surface area contributed by atoms with Crippen molar-refractivity contribution in [2.24, 2.45) is 5.10 Å². The lowest BCUT2D eigenvalue weighted by molar-refractivity contribution is 0.703. The van der Waals surface area contributed by atoms with Crippen molar-refractivity contribution in [1.82, 2.24) is 14.2 Å². The van der Waals surface area contributed by atoms with Crippen molar-refractivity contribution >= 4 is 44.0 Å². The maximum atomic E-state index is 13.2. The van der Waals surface area contributed by atoms with Crippen LogP contribution in [0.3, 0.4) is 0 Å². The van der Waals surface area contributed by atoms with Gasteiger partial charge in [-0.2, -0.15) is 9.78 Å². The van der Waals surface area contributed by atoms with Gasteiger partial charge in [-0.05, 0) is 37.6 Å². The second kappa shape index (κ2) is 8.40. The number of nitrogens with zero attached hydrogens (tertiary/aromatic N) is 4. The third-order valence-corrected chi connectivity index (χ3v) is 5.74. The Kier molecular flexibility index (Phi) is 5.68. The first-order valence-electron chi connectivity index (χ1n) is 9.99. The average molecular weight is 463 g/mol. The smallest absolute Gasteiger partial charge is 0.282 e. The van der Waals surface area contributed by atoms with Crippen LogP contribution < -0.4 is 5.56 Å². The molecule has 0 bridgehead atoms. The van der Waals surface area contributed by atoms with E-state index in [0.29, 0.717) is 29.7 Å². The molecule has 152 valence electrons. The van der Waals surface area contributed by atoms with Crippen LogP contribution in [0.25, 0.3) is 21.8 Å². The van der Waals surface area contributed by atoms with Crippen LogP contribution in [0, 0.1) is 6.92 Å². The van der Waals surface area contributed by atoms with Gasteiger partial charge in [0.05, 0.1) is 17.1 Å². The zero-order valence-electron chi connectivity index (χ0n) is 17.1. The summed E-state index contributed by atoms with van der Waals surface area (Å²) >= 11 is 3.45. The highest BCUT2D eigenvalue weighted by Crippen LogP contribution is 2.25. The van der Waals surface area contributed by atoms with Gasteiger partial charge >= 0.3 is 0 Å². The molecular weight excluding hydrogens is 440 g/mol. The van der Waals surface area contributed by atoms with E-state index in [1.807, 2.05) is 30.3 Å². The average Bonchev–Trinajstić information content (AvgIpc) is 3.00. The van der Waals surface area contributed by atoms with Crippen LogP contribution in [0.2, 0.25) is 0 Å². The zero-order valence-corrected chi connectivity index (χ0v) is 18.7. The fraction of sp³-hybridized carbons (Fsp3) is 0.208. The van der Waals surface area contributed by atoms with Gasteiger partial charge in [-0.1, -0.05) is 47.1 Å². The molecule has 4 aromatic rings. The van der Waals surface area contributed by atoms with E-state index in [-0.39, 0.29) is 5.56 Å². The van der Waals surface area contributed by atoms with Crippen LogP contribution in [0.1, 0.15) is 30.4 Å². The Labute approximate surface area is 183 Å². The fourth-order valence-electron chi connectivity index (χ4n) is 3.80. The van der Waals surface area contributed by atoms with E-state index in [4.69, 9.17) is 4.98 Å². The molecule has 0 atom stereocenters. The second-order valence-corrected chi connectivity index (χ2v) is 8.13. The standard InChI is InChI=1S/C24H23BrN4O/c1-4-8-23-27-21-12-11-17(25)14-19(21)24(30)29(23)26-15-20-16(3)28(13-5-2)22-10-7-6-9-18(20)22/h5-7,9-12,14-15H,2,4,8,13H2,1,3H3. The Morgan fingerprint density at radius 3 is 2.77 bits per heavy atom. The fourth-order valence-corrected chi connectivity index (χ4v) is 4.16. The van der Waals surface area contributed by atoms with Crippen LogP contribution in [0.4, 0.5) is 0 Å². The van der Waals surface area contributed by atoms with E-state index >= 15 is 0 Å². The summed E-state index contributed by atoms with van der Waals surface area (Å²) in [4.78, 5) is 17.9. The largest absolute Gasteiger partial charge is 0.340 e. The number of allylic oxidation sites excluding steroid dienone is 1. The van der Waals surface area contributed by atoms with Crippen LogP contribution in [0.5, 0.6) is 0 Å². The molecule has 6 heteroatoms. The highest BCUT2D eigenvalue weighted by Gasteiger charge is 2.13. The number of fused-ring (bicyclic) bond motifs is 2. The third-order valence-electron chi connectivity index (χ3n) is 5.24. The van der Waals surface area contributed by atoms with Crippen molar-refractivity contribution in [2.45, 2.75) is 33.2 Å². The van der Waals surface area contributed by atoms with E-state index < -0.39 is 0 Å². The maximum Gasteiger partial charge on any atom is 0.282 e. The number of hydrogen-bond acceptors (Lipinski definition) is 3. The second-order valence-electron chi connectivity index (χ2n) is 7.22. The molecule has 2 heterocycles. The molecule has 0 unspecified atom stereocenters. The number of aryl methyl sites for hydroxylation is 1. The Balaban J connectivity index is 1.92. The molecule has 4 rings (SSSR count). The Bertz CT molecular complexity index is 1350. The number of halogens is 1. The van der Waals surface area contributed by atoms with Crippen molar-refractivity contribution in [2.75, 3.05) is 0 Å². The zero-order chi connectivity index (χ0) is 21.3. The number of rotatable bonds is 6. The first kappa shape index (κ1) is 20.3. The van der Waals surface area contributed by atoms with Gasteiger partial charge in [0.1, 0.15) is 5.82 Å². The third kappa shape index (κ3) is 3.52. The van der Waals surface area contributed by atoms with Crippen molar-refractivity contribution < 1.29 is 0 Å². The van der Waals surface area contributed by atoms with Crippen LogP contribution >= 0.6 is 15.9 Å². The molecule has 2 aromatic heterocycles. The van der Waals surface area contributed by atoms with E-state index in [2.05, 4.69) is 58.2 Å². The molecule has 30 heavy (non-hydrogen) atoms. The highest BCUT2D eigenvalue weighted by atomic mass is 79.9. The minimum atomic E-state index is -0.159. The van der Waals surface area contributed by atoms with Gasteiger partial charge < -0.3 is 4.57 Å². The predicted octanol–water partition coefficient (Wildman–Crippen LogP) is 5.44. The molecule has 0 radical (unpaired) electrons. The molecule has 0 fully saturated rings. The summed E-state index contributed by atoms with van der Waals surface area (Å²) in [7, 11) is 0. The van der Waals surface area contributed by atoms with E-state index in [1.165, 1.54) is 4.68 Å². The van der Waals surface area contributed by atoms with Gasteiger partial charge in [0.15, 0.2) is 0 Å². The maximum absolute atomic E-state index is 13.2. The summed E-state index contributed by atoms with van der Waals surface area (Å²) in [5.41, 5.74) is 3.74. The molecular formula is C24H23BrN4O. The molecule has 0 spiro atoms. The number of aromatic nitrogens is 3. The Hall–Kier alpha value is -2.99. The summed E-state index contributed by atoms with van der Waals surface area (Å²) < 4.78 is 4.49. The number of benzene rings is 2. The molecule has 0 saturated carbocycles. The van der Waals surface area contributed by atoms with Crippen molar-refractivity contribution in [3.8, 4) is 0 Å². The van der Waals surface area contributed by atoms with Crippen LogP contribution in [0.15, 0.2) is 69.5 Å². The number of para-hydroxylation sites is 1. The summed E-state index contributed by atoms with van der Waals surface area (Å²) in [6.07, 6.45) is 5.22. The summed E-state index contributed by atoms with van der Waals surface area (Å²) in [5.74, 6) is 0.668. The summed E-state index contributed by atoms with van der Waals surface area (Å²) in [6, 6.07) is 13.8. The minimum Gasteiger partial charge on any atom is -0.340 e. The lowest BCUT2D eigenvalue weighted by atomic mass is 10.1. The van der Waals surface area contributed by atoms with Crippen LogP contribution in [-0.4, -0.2) is 20.4 Å². The molecule has 0 aliphatic rings. The van der Waals surface area contributed by atoms with Gasteiger partial charge in [-0.15, -0.1) is 6.58 Å². The Morgan fingerprint density at radius 2 is 2.00 bits per heavy atom. The molecule has 0 aliphatic heterocycles. The highest BCUT2D eigenvalue weighted by molar-refractivity contribution is 9.10. The normalized spacial score (nSPS) is 11.7. The summed E-state index contributed by atoms with van der Waals surface area (Å²) in [6.45, 7) is 8.72. The minimum absolute atomic E-state index is 0.159. The van der Waals surface area contributed by atoms with Gasteiger partial charge in [-0.25, -0.2) is 4.98 Å². The van der Waals surface area contributed by atoms with Gasteiger partial charge in [0.2, 0.25) is 0 Å². The van der Waals surface area contributed by atoms with Gasteiger partial charge in [-0.3, -0.25) is 4.79 Å². The molecule has 2 aromatic carbocycles. The molecule has 5 nitrogen and oxygen atoms in total. The lowest BCUT2D eigenvalue weighted by Crippen LogP contribution is -2.22. The molecule has 0 saturated heterocycles. The molecule has 0 aliphatic carbocycles. The van der Waals surface area contributed by atoms with Gasteiger partial charge in [0.25, 0.3) is 5.56 Å². The molecule has 0 amide bonds. The van der Waals surface area contributed by atoms with Crippen molar-refractivity contribution in [3.63, 3.8) is 0 Å². The monoisotopic (exact) mass is 462 g/mol. The number of hydrogen-bond donors (Lipinski definition) is 0. The quantitative estimate of drug-likeness (QED) is 0.282. The van der Waals surface area contributed by atoms with E-state index in [1.54, 1.807) is 12.3 Å². The Morgan fingerprint density at radius 1 is 1.20 bits per heavy atom. The van der Waals surface area contributed by atoms with Crippen molar-refractivity contribution in [1.29, 1.82) is 0 Å². The van der Waals surface area contributed by atoms with E-state index in [0.717, 1.165) is 33.1 Å². The first-order valence-corrected chi connectivity index (χ1v) is 10.8. The van der Waals surface area contributed by atoms with E-state index in [9.17, 15) is 4.79 Å². The van der Waals surface area contributed by atoms with Gasteiger partial charge in [0, 0.05) is 39.6 Å². The van der Waals surface area contributed by atoms with Crippen LogP contribution in [-0.2, 0) is 13.0 Å². The predicted molar refractivity (Wildman–Crippen MR) is 128 cm³/mol. The van der Waals surface area contributed by atoms with Crippen molar-refractivity contribution in [3.05, 3.63) is 87.0 Å². The summed E-state index contributed by atoms with van der Waals surface area (Å²) in [5, 5.41) is 6.27. The topological polar surface area (TPSA) is 52.2 Å². The SMILES string of the molecule is C=CCn1c(C)c(C=Nn2c(CCC)nc3ccc(Br)cc3c2=O)c2ccccc21. The first-order chi connectivity index (χ1) is 14.5. The lowest BCUT2D eigenvalue weighted by Gasteiger charge is -2.09. The molecule has 0 N–H and O–H groups in total.